The van der Waals surface area contributed by atoms with Gasteiger partial charge in [-0.25, -0.2) is 0 Å². The number of rotatable bonds is 1. The Bertz CT molecular complexity index is 315. The Morgan fingerprint density at radius 2 is 2.10 bits per heavy atom. The Hall–Kier alpha value is -0.820. The molecular weight excluding hydrogens is 148 g/mol. The zero-order chi connectivity index (χ0) is 10.1. The largest absolute Gasteiger partial charge is 0.295 e. The Morgan fingerprint density at radius 3 is 2.60 bits per heavy atom. The van der Waals surface area contributed by atoms with Crippen LogP contribution in [0.3, 0.4) is 0 Å². The number of hydrogen-bond donors (Lipinski definition) is 0. The smallest absolute Gasteiger partial charge is 0.159 e. The highest BCUT2D eigenvalue weighted by Crippen LogP contribution is 2.09. The third-order valence-electron chi connectivity index (χ3n) is 1.11. The van der Waals surface area contributed by atoms with Crippen molar-refractivity contribution in [2.45, 2.75) is 6.85 Å². The zero-order valence-corrected chi connectivity index (χ0v) is 5.85. The molecule has 0 spiro atoms. The van der Waals surface area contributed by atoms with Crippen LogP contribution in [0.15, 0.2) is 24.3 Å². The maximum atomic E-state index is 11.2. The van der Waals surface area contributed by atoms with E-state index in [0.717, 1.165) is 0 Å². The molecule has 0 radical (unpaired) electrons. The summed E-state index contributed by atoms with van der Waals surface area (Å²) in [5, 5.41) is 0.474. The van der Waals surface area contributed by atoms with Crippen LogP contribution in [0.4, 0.5) is 0 Å². The minimum Gasteiger partial charge on any atom is -0.295 e. The van der Waals surface area contributed by atoms with Crippen LogP contribution in [-0.4, -0.2) is 5.78 Å². The van der Waals surface area contributed by atoms with Crippen LogP contribution in [0.5, 0.6) is 0 Å². The summed E-state index contributed by atoms with van der Waals surface area (Å²) in [5.74, 6) is -0.857. The first-order chi connectivity index (χ1) is 5.91. The first-order valence-electron chi connectivity index (χ1n) is 4.21. The molecule has 2 heteroatoms. The molecule has 0 bridgehead atoms. The average Bonchev–Trinajstić information content (AvgIpc) is 2.03. The van der Waals surface area contributed by atoms with E-state index >= 15 is 0 Å². The second kappa shape index (κ2) is 2.84. The fourth-order valence-corrected chi connectivity index (χ4v) is 0.727. The lowest BCUT2D eigenvalue weighted by molar-refractivity contribution is 0.101. The Kier molecular flexibility index (Phi) is 1.18. The second-order valence-electron chi connectivity index (χ2n) is 1.84. The van der Waals surface area contributed by atoms with E-state index in [2.05, 4.69) is 0 Å². The van der Waals surface area contributed by atoms with Crippen LogP contribution in [0.25, 0.3) is 0 Å². The van der Waals surface area contributed by atoms with Gasteiger partial charge in [0.2, 0.25) is 0 Å². The molecule has 0 aliphatic carbocycles. The van der Waals surface area contributed by atoms with Crippen molar-refractivity contribution in [2.75, 3.05) is 0 Å². The Morgan fingerprint density at radius 1 is 1.50 bits per heavy atom. The maximum Gasteiger partial charge on any atom is 0.159 e. The van der Waals surface area contributed by atoms with E-state index in [9.17, 15) is 4.79 Å². The zero-order valence-electron chi connectivity index (χ0n) is 8.10. The van der Waals surface area contributed by atoms with Crippen molar-refractivity contribution in [3.63, 3.8) is 0 Å². The summed E-state index contributed by atoms with van der Waals surface area (Å²) in [4.78, 5) is 11.2. The van der Waals surface area contributed by atoms with E-state index in [-0.39, 0.29) is 5.56 Å². The van der Waals surface area contributed by atoms with E-state index in [0.29, 0.717) is 5.02 Å². The lowest BCUT2D eigenvalue weighted by Crippen LogP contribution is -1.89. The maximum absolute atomic E-state index is 11.2. The van der Waals surface area contributed by atoms with E-state index in [1.54, 1.807) is 0 Å². The molecule has 0 amide bonds. The molecule has 0 unspecified atom stereocenters. The molecule has 1 aromatic carbocycles. The van der Waals surface area contributed by atoms with Crippen LogP contribution in [0.2, 0.25) is 5.02 Å². The normalized spacial score (nSPS) is 15.1. The van der Waals surface area contributed by atoms with Crippen molar-refractivity contribution in [1.82, 2.24) is 0 Å². The number of carbonyl (C=O) groups excluding carboxylic acids is 1. The number of hydrogen-bond acceptors (Lipinski definition) is 1. The molecule has 0 aliphatic rings. The van der Waals surface area contributed by atoms with Gasteiger partial charge in [0.15, 0.2) is 5.78 Å². The fourth-order valence-electron chi connectivity index (χ4n) is 0.601. The van der Waals surface area contributed by atoms with Gasteiger partial charge in [0.1, 0.15) is 0 Å². The highest BCUT2D eigenvalue weighted by atomic mass is 35.5. The quantitative estimate of drug-likeness (QED) is 0.573. The summed E-state index contributed by atoms with van der Waals surface area (Å²) in [7, 11) is 0. The van der Waals surface area contributed by atoms with Gasteiger partial charge in [-0.3, -0.25) is 4.79 Å². The first kappa shape index (κ1) is 4.14. The van der Waals surface area contributed by atoms with Gasteiger partial charge in [-0.1, -0.05) is 11.6 Å². The molecule has 0 saturated heterocycles. The molecule has 0 heterocycles. The van der Waals surface area contributed by atoms with Crippen molar-refractivity contribution >= 4 is 17.4 Å². The number of benzene rings is 1. The number of carbonyl (C=O) groups is 1. The molecule has 52 valence electrons. The van der Waals surface area contributed by atoms with Crippen molar-refractivity contribution in [3.05, 3.63) is 34.9 Å². The predicted octanol–water partition coefficient (Wildman–Crippen LogP) is 2.54. The first-order valence-corrected chi connectivity index (χ1v) is 3.09. The van der Waals surface area contributed by atoms with Crippen LogP contribution in [-0.2, 0) is 0 Å². The highest BCUT2D eigenvalue weighted by molar-refractivity contribution is 6.30. The Labute approximate surface area is 68.8 Å². The van der Waals surface area contributed by atoms with Gasteiger partial charge in [-0.15, -0.1) is 0 Å². The van der Waals surface area contributed by atoms with Crippen LogP contribution >= 0.6 is 11.6 Å². The molecular formula is C8H7ClO. The minimum absolute atomic E-state index is 0.157. The molecule has 0 aromatic heterocycles. The summed E-state index contributed by atoms with van der Waals surface area (Å²) < 4.78 is 20.6. The molecule has 0 N–H and O–H groups in total. The Balaban J connectivity index is 2.97. The van der Waals surface area contributed by atoms with Gasteiger partial charge < -0.3 is 0 Å². The molecule has 0 fully saturated rings. The monoisotopic (exact) mass is 157 g/mol. The fraction of sp³-hybridized carbons (Fsp3) is 0.125. The van der Waals surface area contributed by atoms with Gasteiger partial charge in [-0.2, -0.15) is 0 Å². The number of halogens is 1. The molecule has 0 atom stereocenters. The lowest BCUT2D eigenvalue weighted by atomic mass is 10.2. The van der Waals surface area contributed by atoms with Crippen molar-refractivity contribution < 1.29 is 8.91 Å². The van der Waals surface area contributed by atoms with Crippen molar-refractivity contribution in [3.8, 4) is 0 Å². The topological polar surface area (TPSA) is 17.1 Å². The van der Waals surface area contributed by atoms with Gasteiger partial charge in [0, 0.05) is 14.7 Å². The lowest BCUT2D eigenvalue weighted by Gasteiger charge is -1.92. The summed E-state index contributed by atoms with van der Waals surface area (Å²) >= 11 is 5.58. The van der Waals surface area contributed by atoms with Crippen LogP contribution in [0, 0.1) is 0 Å². The molecule has 0 saturated carbocycles. The SMILES string of the molecule is [2H]C([2H])([2H])C(=O)c1ccc(Cl)cc1. The summed E-state index contributed by atoms with van der Waals surface area (Å²) in [6.45, 7) is -2.58. The predicted molar refractivity (Wildman–Crippen MR) is 41.5 cm³/mol. The average molecular weight is 158 g/mol. The van der Waals surface area contributed by atoms with Crippen LogP contribution in [0.1, 0.15) is 21.3 Å². The van der Waals surface area contributed by atoms with E-state index in [4.69, 9.17) is 15.7 Å². The third kappa shape index (κ3) is 1.58. The summed E-state index contributed by atoms with van der Waals surface area (Å²) in [6.07, 6.45) is 0. The molecule has 1 nitrogen and oxygen atoms in total. The van der Waals surface area contributed by atoms with E-state index in [1.165, 1.54) is 24.3 Å². The molecule has 1 rings (SSSR count). The summed E-state index contributed by atoms with van der Waals surface area (Å²) in [6, 6.07) is 5.77. The highest BCUT2D eigenvalue weighted by Gasteiger charge is 1.95. The van der Waals surface area contributed by atoms with E-state index < -0.39 is 12.6 Å². The molecule has 10 heavy (non-hydrogen) atoms. The van der Waals surface area contributed by atoms with Gasteiger partial charge in [0.25, 0.3) is 0 Å². The van der Waals surface area contributed by atoms with Crippen LogP contribution < -0.4 is 0 Å². The summed E-state index contributed by atoms with van der Waals surface area (Å²) in [5.41, 5.74) is 0.157. The minimum atomic E-state index is -2.58. The van der Waals surface area contributed by atoms with Gasteiger partial charge in [-0.05, 0) is 31.1 Å². The van der Waals surface area contributed by atoms with E-state index in [1.807, 2.05) is 0 Å². The molecule has 1 aromatic rings. The van der Waals surface area contributed by atoms with Crippen molar-refractivity contribution in [1.29, 1.82) is 0 Å². The second-order valence-corrected chi connectivity index (χ2v) is 2.27. The number of Topliss-reactive ketones (excluding diaryl/α,β-unsaturated/α-hetero) is 1. The van der Waals surface area contributed by atoms with Crippen molar-refractivity contribution in [2.24, 2.45) is 0 Å². The molecule has 0 aliphatic heterocycles. The number of ketones is 1. The van der Waals surface area contributed by atoms with Gasteiger partial charge >= 0.3 is 0 Å². The standard InChI is InChI=1S/C8H7ClO/c1-6(10)7-2-4-8(9)5-3-7/h2-5H,1H3/i1D3. The third-order valence-corrected chi connectivity index (χ3v) is 1.36. The van der Waals surface area contributed by atoms with Gasteiger partial charge in [0.05, 0.1) is 0 Å².